The molecule has 3 aromatic heterocycles. The Balaban J connectivity index is 1.75. The van der Waals surface area contributed by atoms with Crippen LogP contribution in [0.3, 0.4) is 0 Å². The van der Waals surface area contributed by atoms with Crippen molar-refractivity contribution in [1.29, 1.82) is 5.26 Å². The molecule has 0 saturated heterocycles. The number of aryl methyl sites for hydroxylation is 1. The van der Waals surface area contributed by atoms with Crippen molar-refractivity contribution in [2.24, 2.45) is 0 Å². The minimum Gasteiger partial charge on any atom is -0.467 e. The molecule has 31 heavy (non-hydrogen) atoms. The second-order valence-corrected chi connectivity index (χ2v) is 7.36. The zero-order valence-corrected chi connectivity index (χ0v) is 18.4. The smallest absolute Gasteiger partial charge is 0.340 e. The predicted molar refractivity (Wildman–Crippen MR) is 115 cm³/mol. The maximum absolute atomic E-state index is 12.6. The van der Waals surface area contributed by atoms with Crippen LogP contribution in [0.25, 0.3) is 0 Å². The molecule has 1 N–H and O–H groups in total. The number of nitrogens with one attached hydrogen (secondary N) is 1. The predicted octanol–water partition coefficient (Wildman–Crippen LogP) is 3.85. The first-order valence-corrected chi connectivity index (χ1v) is 10.0. The van der Waals surface area contributed by atoms with Crippen molar-refractivity contribution in [2.45, 2.75) is 47.7 Å². The molecule has 3 aromatic rings. The van der Waals surface area contributed by atoms with Crippen LogP contribution in [0.2, 0.25) is 0 Å². The summed E-state index contributed by atoms with van der Waals surface area (Å²) in [6, 6.07) is 7.50. The van der Waals surface area contributed by atoms with Gasteiger partial charge < -0.3 is 23.6 Å². The van der Waals surface area contributed by atoms with Crippen LogP contribution >= 0.6 is 0 Å². The van der Waals surface area contributed by atoms with E-state index in [1.165, 1.54) is 0 Å². The standard InChI is InChI=1S/C23H26N4O4/c1-6-26-14(2)10-19(17(26)5)23(29)31-13-21(28)25-22-20(11-24)15(3)16(4)27(22)12-18-8-7-9-30-18/h7-10H,6,12-13H2,1-5H3,(H,25,28). The van der Waals surface area contributed by atoms with Gasteiger partial charge in [-0.3, -0.25) is 4.79 Å². The topological polar surface area (TPSA) is 102 Å². The molecule has 0 radical (unpaired) electrons. The van der Waals surface area contributed by atoms with E-state index < -0.39 is 18.5 Å². The molecule has 0 atom stereocenters. The van der Waals surface area contributed by atoms with E-state index >= 15 is 0 Å². The number of nitriles is 1. The minimum atomic E-state index is -0.554. The number of esters is 1. The molecule has 162 valence electrons. The average Bonchev–Trinajstić information content (AvgIpc) is 3.41. The highest BCUT2D eigenvalue weighted by Gasteiger charge is 2.22. The van der Waals surface area contributed by atoms with Gasteiger partial charge in [0.15, 0.2) is 6.61 Å². The Morgan fingerprint density at radius 3 is 2.52 bits per heavy atom. The van der Waals surface area contributed by atoms with Gasteiger partial charge in [-0.2, -0.15) is 5.26 Å². The molecule has 0 saturated carbocycles. The largest absolute Gasteiger partial charge is 0.467 e. The van der Waals surface area contributed by atoms with Gasteiger partial charge in [0.25, 0.3) is 5.91 Å². The van der Waals surface area contributed by atoms with Crippen LogP contribution in [0.5, 0.6) is 0 Å². The SMILES string of the molecule is CCn1c(C)cc(C(=O)OCC(=O)Nc2c(C#N)c(C)c(C)n2Cc2ccco2)c1C. The molecule has 0 aliphatic carbocycles. The third-order valence-electron chi connectivity index (χ3n) is 5.54. The first-order chi connectivity index (χ1) is 14.8. The lowest BCUT2D eigenvalue weighted by Crippen LogP contribution is -2.23. The van der Waals surface area contributed by atoms with E-state index in [1.54, 1.807) is 23.0 Å². The maximum atomic E-state index is 12.6. The monoisotopic (exact) mass is 422 g/mol. The van der Waals surface area contributed by atoms with Crippen LogP contribution in [0.15, 0.2) is 28.9 Å². The Morgan fingerprint density at radius 2 is 1.94 bits per heavy atom. The van der Waals surface area contributed by atoms with Crippen molar-refractivity contribution in [3.05, 3.63) is 64.0 Å². The van der Waals surface area contributed by atoms with E-state index in [9.17, 15) is 14.9 Å². The third kappa shape index (κ3) is 4.26. The summed E-state index contributed by atoms with van der Waals surface area (Å²) in [7, 11) is 0. The van der Waals surface area contributed by atoms with Crippen molar-refractivity contribution >= 4 is 17.7 Å². The van der Waals surface area contributed by atoms with Crippen molar-refractivity contribution in [3.63, 3.8) is 0 Å². The second-order valence-electron chi connectivity index (χ2n) is 7.36. The molecular formula is C23H26N4O4. The van der Waals surface area contributed by atoms with Gasteiger partial charge >= 0.3 is 5.97 Å². The fourth-order valence-electron chi connectivity index (χ4n) is 3.76. The second kappa shape index (κ2) is 8.96. The Morgan fingerprint density at radius 1 is 1.19 bits per heavy atom. The highest BCUT2D eigenvalue weighted by Crippen LogP contribution is 2.27. The van der Waals surface area contributed by atoms with Gasteiger partial charge in [0.2, 0.25) is 0 Å². The van der Waals surface area contributed by atoms with Crippen LogP contribution in [-0.2, 0) is 22.6 Å². The molecule has 0 aromatic carbocycles. The molecular weight excluding hydrogens is 396 g/mol. The Labute approximate surface area is 181 Å². The van der Waals surface area contributed by atoms with Gasteiger partial charge in [0.05, 0.1) is 23.9 Å². The van der Waals surface area contributed by atoms with Gasteiger partial charge in [0, 0.05) is 23.6 Å². The Bertz CT molecular complexity index is 1160. The van der Waals surface area contributed by atoms with Crippen LogP contribution in [0, 0.1) is 39.0 Å². The molecule has 0 aliphatic heterocycles. The van der Waals surface area contributed by atoms with E-state index in [4.69, 9.17) is 9.15 Å². The molecule has 0 spiro atoms. The summed E-state index contributed by atoms with van der Waals surface area (Å²) in [5.41, 5.74) is 4.18. The quantitative estimate of drug-likeness (QED) is 0.583. The summed E-state index contributed by atoms with van der Waals surface area (Å²) < 4.78 is 14.5. The summed E-state index contributed by atoms with van der Waals surface area (Å²) in [4.78, 5) is 25.0. The van der Waals surface area contributed by atoms with Crippen molar-refractivity contribution in [2.75, 3.05) is 11.9 Å². The van der Waals surface area contributed by atoms with Gasteiger partial charge in [0.1, 0.15) is 17.6 Å². The summed E-state index contributed by atoms with van der Waals surface area (Å²) in [5, 5.41) is 12.3. The summed E-state index contributed by atoms with van der Waals surface area (Å²) in [6.45, 7) is 10.1. The number of carbonyl (C=O) groups is 2. The van der Waals surface area contributed by atoms with Crippen LogP contribution in [0.4, 0.5) is 5.82 Å². The molecule has 8 nitrogen and oxygen atoms in total. The minimum absolute atomic E-state index is 0.360. The molecule has 3 rings (SSSR count). The molecule has 0 bridgehead atoms. The highest BCUT2D eigenvalue weighted by molar-refractivity contribution is 5.96. The van der Waals surface area contributed by atoms with Crippen LogP contribution < -0.4 is 5.32 Å². The lowest BCUT2D eigenvalue weighted by atomic mass is 10.2. The highest BCUT2D eigenvalue weighted by atomic mass is 16.5. The first kappa shape index (κ1) is 22.0. The lowest BCUT2D eigenvalue weighted by Gasteiger charge is -2.12. The number of anilines is 1. The van der Waals surface area contributed by atoms with Gasteiger partial charge in [-0.25, -0.2) is 4.79 Å². The average molecular weight is 422 g/mol. The zero-order chi connectivity index (χ0) is 22.7. The fraction of sp³-hybridized carbons (Fsp3) is 0.348. The fourth-order valence-corrected chi connectivity index (χ4v) is 3.76. The number of furan rings is 1. The normalized spacial score (nSPS) is 10.7. The van der Waals surface area contributed by atoms with E-state index in [1.807, 2.05) is 45.3 Å². The van der Waals surface area contributed by atoms with Crippen molar-refractivity contribution < 1.29 is 18.7 Å². The molecule has 1 amide bonds. The maximum Gasteiger partial charge on any atom is 0.340 e. The first-order valence-electron chi connectivity index (χ1n) is 10.0. The number of hydrogen-bond donors (Lipinski definition) is 1. The number of nitrogens with zero attached hydrogens (tertiary/aromatic N) is 3. The van der Waals surface area contributed by atoms with Gasteiger partial charge in [-0.1, -0.05) is 0 Å². The number of carbonyl (C=O) groups excluding carboxylic acids is 2. The van der Waals surface area contributed by atoms with E-state index in [0.29, 0.717) is 29.2 Å². The zero-order valence-electron chi connectivity index (χ0n) is 18.4. The third-order valence-corrected chi connectivity index (χ3v) is 5.54. The molecule has 8 heteroatoms. The van der Waals surface area contributed by atoms with E-state index in [2.05, 4.69) is 11.4 Å². The lowest BCUT2D eigenvalue weighted by molar-refractivity contribution is -0.119. The summed E-state index contributed by atoms with van der Waals surface area (Å²) in [5.74, 6) is -0.0240. The number of ether oxygens (including phenoxy) is 1. The number of aromatic nitrogens is 2. The summed E-state index contributed by atoms with van der Waals surface area (Å²) in [6.07, 6.45) is 1.57. The van der Waals surface area contributed by atoms with E-state index in [-0.39, 0.29) is 0 Å². The summed E-state index contributed by atoms with van der Waals surface area (Å²) >= 11 is 0. The molecule has 3 heterocycles. The van der Waals surface area contributed by atoms with Crippen LogP contribution in [0.1, 0.15) is 51.3 Å². The molecule has 0 fully saturated rings. The number of amides is 1. The Hall–Kier alpha value is -3.73. The van der Waals surface area contributed by atoms with Crippen molar-refractivity contribution in [3.8, 4) is 6.07 Å². The number of hydrogen-bond acceptors (Lipinski definition) is 5. The van der Waals surface area contributed by atoms with E-state index in [0.717, 1.165) is 29.2 Å². The van der Waals surface area contributed by atoms with Gasteiger partial charge in [-0.05, 0) is 58.4 Å². The van der Waals surface area contributed by atoms with Crippen LogP contribution in [-0.4, -0.2) is 27.6 Å². The molecule has 0 aliphatic rings. The molecule has 0 unspecified atom stereocenters. The van der Waals surface area contributed by atoms with Crippen molar-refractivity contribution in [1.82, 2.24) is 9.13 Å². The Kier molecular flexibility index (Phi) is 6.35. The number of rotatable bonds is 7. The van der Waals surface area contributed by atoms with Gasteiger partial charge in [-0.15, -0.1) is 0 Å².